The van der Waals surface area contributed by atoms with E-state index >= 15 is 0 Å². The first kappa shape index (κ1) is 15.7. The van der Waals surface area contributed by atoms with Gasteiger partial charge in [0.1, 0.15) is 0 Å². The number of ether oxygens (including phenoxy) is 2. The molecule has 2 aliphatic heterocycles. The highest BCUT2D eigenvalue weighted by molar-refractivity contribution is 7.92. The van der Waals surface area contributed by atoms with Gasteiger partial charge in [-0.1, -0.05) is 30.3 Å². The third-order valence-electron chi connectivity index (χ3n) is 4.10. The molecule has 22 heavy (non-hydrogen) atoms. The first-order valence-corrected chi connectivity index (χ1v) is 9.11. The van der Waals surface area contributed by atoms with Crippen molar-refractivity contribution < 1.29 is 17.9 Å². The van der Waals surface area contributed by atoms with Crippen LogP contribution < -0.4 is 0 Å². The molecule has 0 N–H and O–H groups in total. The predicted molar refractivity (Wildman–Crippen MR) is 84.5 cm³/mol. The van der Waals surface area contributed by atoms with Gasteiger partial charge in [-0.3, -0.25) is 0 Å². The molecule has 0 aromatic heterocycles. The quantitative estimate of drug-likeness (QED) is 0.856. The van der Waals surface area contributed by atoms with Crippen LogP contribution >= 0.6 is 0 Å². The van der Waals surface area contributed by atoms with Crippen molar-refractivity contribution in [3.05, 3.63) is 41.3 Å². The molecule has 2 aliphatic rings. The number of benzene rings is 1. The minimum Gasteiger partial charge on any atom is -0.350 e. The van der Waals surface area contributed by atoms with Crippen LogP contribution in [-0.4, -0.2) is 44.8 Å². The second-order valence-electron chi connectivity index (χ2n) is 5.62. The summed E-state index contributed by atoms with van der Waals surface area (Å²) in [7, 11) is -3.40. The summed E-state index contributed by atoms with van der Waals surface area (Å²) < 4.78 is 37.7. The number of hydrogen-bond donors (Lipinski definition) is 0. The van der Waals surface area contributed by atoms with E-state index in [-0.39, 0.29) is 0 Å². The Morgan fingerprint density at radius 1 is 1.05 bits per heavy atom. The van der Waals surface area contributed by atoms with Crippen LogP contribution in [0.4, 0.5) is 0 Å². The molecule has 0 bridgehead atoms. The lowest BCUT2D eigenvalue weighted by atomic mass is 10.0. The molecule has 1 spiro atoms. The summed E-state index contributed by atoms with van der Waals surface area (Å²) in [5.74, 6) is -0.562. The minimum atomic E-state index is -3.40. The molecule has 5 nitrogen and oxygen atoms in total. The fourth-order valence-electron chi connectivity index (χ4n) is 2.80. The van der Waals surface area contributed by atoms with Crippen molar-refractivity contribution in [2.75, 3.05) is 26.3 Å². The Morgan fingerprint density at radius 2 is 1.68 bits per heavy atom. The summed E-state index contributed by atoms with van der Waals surface area (Å²) in [6, 6.07) is 9.42. The fourth-order valence-corrected chi connectivity index (χ4v) is 3.99. The molecule has 1 aromatic rings. The smallest absolute Gasteiger partial charge is 0.236 e. The van der Waals surface area contributed by atoms with E-state index in [1.54, 1.807) is 6.08 Å². The van der Waals surface area contributed by atoms with Crippen LogP contribution in [0.1, 0.15) is 24.8 Å². The highest BCUT2D eigenvalue weighted by Crippen LogP contribution is 2.31. The summed E-state index contributed by atoms with van der Waals surface area (Å²) in [5.41, 5.74) is 0.874. The van der Waals surface area contributed by atoms with E-state index < -0.39 is 15.8 Å². The largest absolute Gasteiger partial charge is 0.350 e. The summed E-state index contributed by atoms with van der Waals surface area (Å²) in [4.78, 5) is 0. The Bertz CT molecular complexity index is 611. The molecule has 0 atom stereocenters. The molecule has 2 fully saturated rings. The van der Waals surface area contributed by atoms with Gasteiger partial charge in [0.05, 0.1) is 13.2 Å². The van der Waals surface area contributed by atoms with Crippen LogP contribution in [-0.2, 0) is 19.5 Å². The number of nitrogens with zero attached hydrogens (tertiary/aromatic N) is 1. The average Bonchev–Trinajstić information content (AvgIpc) is 2.55. The normalized spacial score (nSPS) is 23.1. The Kier molecular flexibility index (Phi) is 4.63. The van der Waals surface area contributed by atoms with Crippen molar-refractivity contribution in [1.29, 1.82) is 0 Å². The molecule has 0 unspecified atom stereocenters. The third kappa shape index (κ3) is 3.57. The van der Waals surface area contributed by atoms with E-state index in [1.807, 2.05) is 30.3 Å². The maximum Gasteiger partial charge on any atom is 0.236 e. The van der Waals surface area contributed by atoms with Gasteiger partial charge in [-0.05, 0) is 18.1 Å². The van der Waals surface area contributed by atoms with Gasteiger partial charge in [0.15, 0.2) is 5.79 Å². The lowest BCUT2D eigenvalue weighted by Crippen LogP contribution is -2.51. The minimum absolute atomic E-state index is 0.432. The van der Waals surface area contributed by atoms with Crippen LogP contribution in [0.2, 0.25) is 0 Å². The molecule has 0 amide bonds. The molecule has 0 saturated carbocycles. The number of sulfonamides is 1. The van der Waals surface area contributed by atoms with Crippen LogP contribution in [0.25, 0.3) is 6.08 Å². The molecule has 2 saturated heterocycles. The van der Waals surface area contributed by atoms with Gasteiger partial charge in [0.2, 0.25) is 10.0 Å². The zero-order valence-electron chi connectivity index (χ0n) is 12.5. The number of rotatable bonds is 3. The predicted octanol–water partition coefficient (Wildman–Crippen LogP) is 2.22. The lowest BCUT2D eigenvalue weighted by Gasteiger charge is -2.42. The maximum atomic E-state index is 12.4. The van der Waals surface area contributed by atoms with Crippen molar-refractivity contribution in [3.63, 3.8) is 0 Å². The van der Waals surface area contributed by atoms with Crippen molar-refractivity contribution in [2.45, 2.75) is 25.0 Å². The maximum absolute atomic E-state index is 12.4. The molecule has 120 valence electrons. The Hall–Kier alpha value is -1.21. The molecule has 0 aliphatic carbocycles. The van der Waals surface area contributed by atoms with E-state index in [9.17, 15) is 8.42 Å². The summed E-state index contributed by atoms with van der Waals surface area (Å²) >= 11 is 0. The molecule has 0 radical (unpaired) electrons. The molecular weight excluding hydrogens is 302 g/mol. The summed E-state index contributed by atoms with van der Waals surface area (Å²) in [6.45, 7) is 2.25. The molecular formula is C16H21NO4S. The highest BCUT2D eigenvalue weighted by atomic mass is 32.2. The summed E-state index contributed by atoms with van der Waals surface area (Å²) in [6.07, 6.45) is 3.72. The second kappa shape index (κ2) is 6.50. The number of piperidine rings is 1. The van der Waals surface area contributed by atoms with E-state index in [1.165, 1.54) is 9.71 Å². The van der Waals surface area contributed by atoms with Crippen molar-refractivity contribution >= 4 is 16.1 Å². The van der Waals surface area contributed by atoms with Crippen LogP contribution in [0.15, 0.2) is 35.7 Å². The van der Waals surface area contributed by atoms with Gasteiger partial charge in [0, 0.05) is 31.3 Å². The van der Waals surface area contributed by atoms with Gasteiger partial charge in [-0.2, -0.15) is 4.31 Å². The van der Waals surface area contributed by atoms with Crippen LogP contribution in [0, 0.1) is 0 Å². The second-order valence-corrected chi connectivity index (χ2v) is 7.44. The molecule has 6 heteroatoms. The average molecular weight is 323 g/mol. The van der Waals surface area contributed by atoms with E-state index in [0.29, 0.717) is 39.1 Å². The van der Waals surface area contributed by atoms with Gasteiger partial charge in [-0.25, -0.2) is 8.42 Å². The standard InChI is InChI=1S/C16H21NO4S/c18-22(19,14-7-15-5-2-1-3-6-15)17-10-8-16(9-11-17)20-12-4-13-21-16/h1-3,5-7,14H,4,8-13H2. The monoisotopic (exact) mass is 323 g/mol. The van der Waals surface area contributed by atoms with E-state index in [4.69, 9.17) is 9.47 Å². The van der Waals surface area contributed by atoms with Gasteiger partial charge in [0.25, 0.3) is 0 Å². The first-order valence-electron chi connectivity index (χ1n) is 7.61. The Labute approximate surface area is 131 Å². The van der Waals surface area contributed by atoms with Crippen LogP contribution in [0.5, 0.6) is 0 Å². The topological polar surface area (TPSA) is 55.8 Å². The lowest BCUT2D eigenvalue weighted by molar-refractivity contribution is -0.280. The molecule has 3 rings (SSSR count). The zero-order valence-corrected chi connectivity index (χ0v) is 13.3. The first-order chi connectivity index (χ1) is 10.6. The third-order valence-corrected chi connectivity index (χ3v) is 5.66. The van der Waals surface area contributed by atoms with Gasteiger partial charge in [-0.15, -0.1) is 0 Å². The highest BCUT2D eigenvalue weighted by Gasteiger charge is 2.40. The Balaban J connectivity index is 1.63. The number of hydrogen-bond acceptors (Lipinski definition) is 4. The van der Waals surface area contributed by atoms with Gasteiger partial charge >= 0.3 is 0 Å². The fraction of sp³-hybridized carbons (Fsp3) is 0.500. The van der Waals surface area contributed by atoms with E-state index in [2.05, 4.69) is 0 Å². The van der Waals surface area contributed by atoms with Crippen LogP contribution in [0.3, 0.4) is 0 Å². The SMILES string of the molecule is O=S(=O)(C=Cc1ccccc1)N1CCC2(CC1)OCCCO2. The van der Waals surface area contributed by atoms with Crippen molar-refractivity contribution in [3.8, 4) is 0 Å². The molecule has 1 aromatic carbocycles. The Morgan fingerprint density at radius 3 is 2.32 bits per heavy atom. The van der Waals surface area contributed by atoms with Gasteiger partial charge < -0.3 is 9.47 Å². The summed E-state index contributed by atoms with van der Waals surface area (Å²) in [5, 5.41) is 1.28. The van der Waals surface area contributed by atoms with Crippen molar-refractivity contribution in [2.24, 2.45) is 0 Å². The van der Waals surface area contributed by atoms with E-state index in [0.717, 1.165) is 12.0 Å². The van der Waals surface area contributed by atoms with Crippen molar-refractivity contribution in [1.82, 2.24) is 4.31 Å². The zero-order chi connectivity index (χ0) is 15.5. The molecule has 2 heterocycles.